The normalized spacial score (nSPS) is 13.5. The molecule has 1 N–H and O–H groups in total. The number of sulfonamides is 1. The van der Waals surface area contributed by atoms with E-state index >= 15 is 0 Å². The topological polar surface area (TPSA) is 129 Å². The number of alkyl halides is 3. The Balaban J connectivity index is 1.77. The molecule has 16 heteroatoms. The van der Waals surface area contributed by atoms with E-state index in [4.69, 9.17) is 13.9 Å². The lowest BCUT2D eigenvalue weighted by Gasteiger charge is -2.10. The standard InChI is InChI=1S/C16H3F3I3NO8S/c17-16(18,19)32(27,28)23-13(24)6-9-12(7-11(29-9)10(6)30-15(7)26)31-14(25)5-3(20)1-2-4(21)8(5)22/h1-2H,(H,23,24). The Morgan fingerprint density at radius 3 is 2.28 bits per heavy atom. The Labute approximate surface area is 216 Å². The van der Waals surface area contributed by atoms with Crippen molar-refractivity contribution in [1.82, 2.24) is 4.72 Å². The number of halogens is 6. The van der Waals surface area contributed by atoms with Crippen LogP contribution < -0.4 is 14.2 Å². The summed E-state index contributed by atoms with van der Waals surface area (Å²) < 4.78 is 78.4. The Morgan fingerprint density at radius 1 is 1.03 bits per heavy atom. The summed E-state index contributed by atoms with van der Waals surface area (Å²) in [5.41, 5.74) is -7.75. The number of benzene rings is 2. The molecule has 0 saturated heterocycles. The predicted molar refractivity (Wildman–Crippen MR) is 124 cm³/mol. The molecule has 3 aromatic rings. The fourth-order valence-electron chi connectivity index (χ4n) is 2.78. The summed E-state index contributed by atoms with van der Waals surface area (Å²) in [6.45, 7) is 0. The summed E-state index contributed by atoms with van der Waals surface area (Å²) >= 11 is 5.78. The van der Waals surface area contributed by atoms with Gasteiger partial charge in [0.05, 0.1) is 5.56 Å². The van der Waals surface area contributed by atoms with E-state index in [2.05, 4.69) is 0 Å². The third-order valence-electron chi connectivity index (χ3n) is 4.13. The highest BCUT2D eigenvalue weighted by Crippen LogP contribution is 2.51. The number of amides is 1. The summed E-state index contributed by atoms with van der Waals surface area (Å²) in [5.74, 6) is -4.92. The summed E-state index contributed by atoms with van der Waals surface area (Å²) in [7, 11) is -6.06. The van der Waals surface area contributed by atoms with Crippen molar-refractivity contribution in [1.29, 1.82) is 0 Å². The summed E-state index contributed by atoms with van der Waals surface area (Å²) in [5, 5.41) is 0. The highest BCUT2D eigenvalue weighted by Gasteiger charge is 2.49. The Kier molecular flexibility index (Phi) is 5.80. The first-order valence-electron chi connectivity index (χ1n) is 7.87. The number of carbonyl (C=O) groups is 3. The lowest BCUT2D eigenvalue weighted by Crippen LogP contribution is -2.40. The van der Waals surface area contributed by atoms with E-state index < -0.39 is 56.0 Å². The minimum Gasteiger partial charge on any atom is -0.447 e. The fourth-order valence-corrected chi connectivity index (χ4v) is 5.56. The quantitative estimate of drug-likeness (QED) is 0.182. The molecule has 0 fully saturated rings. The van der Waals surface area contributed by atoms with Gasteiger partial charge in [-0.15, -0.1) is 0 Å². The van der Waals surface area contributed by atoms with Crippen molar-refractivity contribution >= 4 is 107 Å². The van der Waals surface area contributed by atoms with Crippen LogP contribution in [0.15, 0.2) is 16.5 Å². The average Bonchev–Trinajstić information content (AvgIpc) is 3.26. The molecule has 0 radical (unpaired) electrons. The molecular weight excluding hydrogens is 804 g/mol. The van der Waals surface area contributed by atoms with Gasteiger partial charge in [0.2, 0.25) is 0 Å². The van der Waals surface area contributed by atoms with Crippen LogP contribution in [0.25, 0.3) is 11.2 Å². The van der Waals surface area contributed by atoms with Crippen molar-refractivity contribution in [2.75, 3.05) is 0 Å². The molecule has 3 heterocycles. The van der Waals surface area contributed by atoms with Crippen molar-refractivity contribution in [2.45, 2.75) is 5.51 Å². The van der Waals surface area contributed by atoms with Crippen LogP contribution in [0.3, 0.4) is 0 Å². The third-order valence-corrected chi connectivity index (χ3v) is 9.14. The maximum atomic E-state index is 12.8. The lowest BCUT2D eigenvalue weighted by molar-refractivity contribution is -0.0446. The number of ether oxygens (including phenoxy) is 2. The van der Waals surface area contributed by atoms with Gasteiger partial charge in [-0.05, 0) is 79.9 Å². The van der Waals surface area contributed by atoms with Gasteiger partial charge in [0, 0.05) is 10.7 Å². The highest BCUT2D eigenvalue weighted by atomic mass is 127. The molecule has 0 unspecified atom stereocenters. The Hall–Kier alpha value is -1.42. The van der Waals surface area contributed by atoms with Crippen LogP contribution in [0.4, 0.5) is 13.2 Å². The van der Waals surface area contributed by atoms with Gasteiger partial charge in [0.15, 0.2) is 28.2 Å². The number of hydrogen-bond donors (Lipinski definition) is 1. The lowest BCUT2D eigenvalue weighted by atomic mass is 10.1. The molecule has 0 spiro atoms. The molecule has 9 nitrogen and oxygen atoms in total. The van der Waals surface area contributed by atoms with E-state index in [1.54, 1.807) is 12.1 Å². The molecule has 1 aliphatic rings. The SMILES string of the molecule is O=C(Oc1c2c3oc1c(C(=O)NS(=O)(=O)C(F)(F)F)c3OC2=O)c1c(I)ccc(I)c1I. The van der Waals surface area contributed by atoms with Crippen LogP contribution in [-0.4, -0.2) is 31.8 Å². The number of furan rings is 2. The molecule has 1 amide bonds. The smallest absolute Gasteiger partial charge is 0.447 e. The minimum absolute atomic E-state index is 0.140. The number of hydrogen-bond acceptors (Lipinski definition) is 8. The summed E-state index contributed by atoms with van der Waals surface area (Å²) in [4.78, 5) is 37.3. The van der Waals surface area contributed by atoms with E-state index in [0.29, 0.717) is 7.14 Å². The molecule has 4 rings (SSSR count). The van der Waals surface area contributed by atoms with E-state index in [9.17, 15) is 36.0 Å². The first kappa shape index (κ1) is 23.7. The molecular formula is C16H3F3I3NO8S. The van der Waals surface area contributed by atoms with E-state index in [-0.39, 0.29) is 16.7 Å². The van der Waals surface area contributed by atoms with Gasteiger partial charge < -0.3 is 13.9 Å². The van der Waals surface area contributed by atoms with Crippen LogP contribution in [0, 0.1) is 10.7 Å². The van der Waals surface area contributed by atoms with Crippen LogP contribution in [0.5, 0.6) is 11.5 Å². The summed E-state index contributed by atoms with van der Waals surface area (Å²) in [6, 6.07) is 3.39. The van der Waals surface area contributed by atoms with Gasteiger partial charge in [-0.1, -0.05) is 0 Å². The maximum Gasteiger partial charge on any atom is 0.516 e. The monoisotopic (exact) mass is 807 g/mol. The van der Waals surface area contributed by atoms with Crippen molar-refractivity contribution in [2.24, 2.45) is 0 Å². The van der Waals surface area contributed by atoms with Crippen molar-refractivity contribution in [3.8, 4) is 11.5 Å². The van der Waals surface area contributed by atoms with Crippen molar-refractivity contribution in [3.63, 3.8) is 0 Å². The second-order valence-corrected chi connectivity index (χ2v) is 11.1. The van der Waals surface area contributed by atoms with E-state index in [1.165, 1.54) is 0 Å². The van der Waals surface area contributed by atoms with Gasteiger partial charge >= 0.3 is 27.5 Å². The largest absolute Gasteiger partial charge is 0.516 e. The van der Waals surface area contributed by atoms with Gasteiger partial charge in [-0.25, -0.2) is 14.3 Å². The van der Waals surface area contributed by atoms with Crippen LogP contribution in [-0.2, 0) is 10.0 Å². The molecule has 0 saturated carbocycles. The summed E-state index contributed by atoms with van der Waals surface area (Å²) in [6.07, 6.45) is 0. The highest BCUT2D eigenvalue weighted by molar-refractivity contribution is 14.1. The predicted octanol–water partition coefficient (Wildman–Crippen LogP) is 4.02. The van der Waals surface area contributed by atoms with Crippen LogP contribution >= 0.6 is 67.8 Å². The second-order valence-electron chi connectivity index (χ2n) is 6.05. The molecule has 32 heavy (non-hydrogen) atoms. The van der Waals surface area contributed by atoms with Gasteiger partial charge in [-0.2, -0.15) is 21.6 Å². The molecule has 2 bridgehead atoms. The fraction of sp³-hybridized carbons (Fsp3) is 0.0625. The van der Waals surface area contributed by atoms with Crippen LogP contribution in [0.1, 0.15) is 31.1 Å². The number of nitrogens with one attached hydrogen (secondary N) is 1. The van der Waals surface area contributed by atoms with Gasteiger partial charge in [0.1, 0.15) is 5.56 Å². The van der Waals surface area contributed by atoms with E-state index in [0.717, 1.165) is 8.29 Å². The van der Waals surface area contributed by atoms with Crippen molar-refractivity contribution in [3.05, 3.63) is 39.5 Å². The zero-order valence-corrected chi connectivity index (χ0v) is 21.9. The molecule has 1 aromatic carbocycles. The molecule has 2 aromatic heterocycles. The van der Waals surface area contributed by atoms with Gasteiger partial charge in [-0.3, -0.25) is 4.79 Å². The second kappa shape index (κ2) is 7.82. The molecule has 0 atom stereocenters. The zero-order valence-electron chi connectivity index (χ0n) is 14.6. The molecule has 168 valence electrons. The Bertz CT molecular complexity index is 1450. The number of esters is 2. The maximum absolute atomic E-state index is 12.8. The number of rotatable bonds is 4. The molecule has 0 aliphatic carbocycles. The van der Waals surface area contributed by atoms with Crippen LogP contribution in [0.2, 0.25) is 0 Å². The Morgan fingerprint density at radius 2 is 1.66 bits per heavy atom. The number of carbonyl (C=O) groups excluding carboxylic acids is 3. The average molecular weight is 807 g/mol. The third kappa shape index (κ3) is 3.61. The van der Waals surface area contributed by atoms with E-state index in [1.807, 2.05) is 67.8 Å². The van der Waals surface area contributed by atoms with Gasteiger partial charge in [0.25, 0.3) is 5.91 Å². The zero-order chi connectivity index (χ0) is 23.7. The van der Waals surface area contributed by atoms with Crippen molar-refractivity contribution < 1.29 is 49.9 Å². The first-order valence-corrected chi connectivity index (χ1v) is 12.6. The number of fused-ring (bicyclic) bond motifs is 1. The first-order chi connectivity index (χ1) is 14.7. The molecule has 1 aliphatic heterocycles. The minimum atomic E-state index is -6.06.